The van der Waals surface area contributed by atoms with Gasteiger partial charge >= 0.3 is 6.61 Å². The molecule has 0 bridgehead atoms. The molecular formula is C13H10ClF2NO2. The van der Waals surface area contributed by atoms with E-state index < -0.39 is 6.61 Å². The number of nitrogens with zero attached hydrogens (tertiary/aromatic N) is 1. The molecule has 1 aromatic heterocycles. The first-order chi connectivity index (χ1) is 9.10. The first-order valence-electron chi connectivity index (χ1n) is 5.35. The van der Waals surface area contributed by atoms with Crippen molar-refractivity contribution >= 4 is 11.6 Å². The van der Waals surface area contributed by atoms with Crippen LogP contribution in [0.2, 0.25) is 5.02 Å². The number of ether oxygens (including phenoxy) is 2. The molecule has 0 fully saturated rings. The second-order valence-electron chi connectivity index (χ2n) is 3.61. The maximum atomic E-state index is 12.4. The molecule has 100 valence electrons. The van der Waals surface area contributed by atoms with Crippen LogP contribution in [0.15, 0.2) is 36.5 Å². The third kappa shape index (κ3) is 3.32. The molecule has 1 heterocycles. The molecule has 0 aliphatic heterocycles. The maximum absolute atomic E-state index is 12.4. The third-order valence-electron chi connectivity index (χ3n) is 2.41. The molecule has 0 radical (unpaired) electrons. The lowest BCUT2D eigenvalue weighted by Crippen LogP contribution is -2.03. The van der Waals surface area contributed by atoms with Gasteiger partial charge in [-0.25, -0.2) is 4.98 Å². The van der Waals surface area contributed by atoms with Gasteiger partial charge in [-0.1, -0.05) is 11.6 Å². The van der Waals surface area contributed by atoms with Gasteiger partial charge in [-0.3, -0.25) is 0 Å². The summed E-state index contributed by atoms with van der Waals surface area (Å²) in [6.07, 6.45) is 1.52. The topological polar surface area (TPSA) is 31.4 Å². The SMILES string of the molecule is COc1cc(-c2cc(Cl)ccc2OC(F)F)ccn1. The predicted molar refractivity (Wildman–Crippen MR) is 67.9 cm³/mol. The lowest BCUT2D eigenvalue weighted by atomic mass is 10.1. The summed E-state index contributed by atoms with van der Waals surface area (Å²) in [4.78, 5) is 3.95. The Kier molecular flexibility index (Phi) is 4.16. The van der Waals surface area contributed by atoms with Crippen molar-refractivity contribution in [1.82, 2.24) is 4.98 Å². The van der Waals surface area contributed by atoms with Crippen molar-refractivity contribution in [3.8, 4) is 22.8 Å². The highest BCUT2D eigenvalue weighted by Crippen LogP contribution is 2.34. The molecular weight excluding hydrogens is 276 g/mol. The van der Waals surface area contributed by atoms with Crippen molar-refractivity contribution in [2.45, 2.75) is 6.61 Å². The summed E-state index contributed by atoms with van der Waals surface area (Å²) in [5.74, 6) is 0.424. The van der Waals surface area contributed by atoms with Crippen molar-refractivity contribution < 1.29 is 18.3 Å². The fourth-order valence-corrected chi connectivity index (χ4v) is 1.79. The second kappa shape index (κ2) is 5.84. The Balaban J connectivity index is 2.49. The number of hydrogen-bond acceptors (Lipinski definition) is 3. The molecule has 0 unspecified atom stereocenters. The number of aromatic nitrogens is 1. The smallest absolute Gasteiger partial charge is 0.387 e. The Hall–Kier alpha value is -1.88. The fourth-order valence-electron chi connectivity index (χ4n) is 1.62. The van der Waals surface area contributed by atoms with Crippen molar-refractivity contribution in [3.05, 3.63) is 41.6 Å². The van der Waals surface area contributed by atoms with Crippen molar-refractivity contribution in [3.63, 3.8) is 0 Å². The normalized spacial score (nSPS) is 10.6. The van der Waals surface area contributed by atoms with Crippen LogP contribution in [-0.4, -0.2) is 18.7 Å². The molecule has 2 rings (SSSR count). The van der Waals surface area contributed by atoms with Crippen LogP contribution in [0.25, 0.3) is 11.1 Å². The zero-order valence-corrected chi connectivity index (χ0v) is 10.7. The number of methoxy groups -OCH3 is 1. The predicted octanol–water partition coefficient (Wildman–Crippen LogP) is 4.01. The highest BCUT2D eigenvalue weighted by atomic mass is 35.5. The molecule has 0 aliphatic carbocycles. The molecule has 0 amide bonds. The van der Waals surface area contributed by atoms with Gasteiger partial charge < -0.3 is 9.47 Å². The highest BCUT2D eigenvalue weighted by Gasteiger charge is 2.12. The van der Waals surface area contributed by atoms with Crippen LogP contribution in [0, 0.1) is 0 Å². The minimum atomic E-state index is -2.90. The van der Waals surface area contributed by atoms with Gasteiger partial charge in [-0.05, 0) is 29.8 Å². The van der Waals surface area contributed by atoms with Gasteiger partial charge in [0.1, 0.15) is 5.75 Å². The molecule has 1 aromatic carbocycles. The second-order valence-corrected chi connectivity index (χ2v) is 4.04. The lowest BCUT2D eigenvalue weighted by molar-refractivity contribution is -0.0494. The van der Waals surface area contributed by atoms with E-state index in [2.05, 4.69) is 9.72 Å². The zero-order chi connectivity index (χ0) is 13.8. The van der Waals surface area contributed by atoms with Gasteiger partial charge in [0.05, 0.1) is 7.11 Å². The molecule has 19 heavy (non-hydrogen) atoms. The minimum absolute atomic E-state index is 0.0488. The van der Waals surface area contributed by atoms with Crippen LogP contribution in [0.5, 0.6) is 11.6 Å². The molecule has 0 spiro atoms. The van der Waals surface area contributed by atoms with Crippen LogP contribution in [0.4, 0.5) is 8.78 Å². The van der Waals surface area contributed by atoms with E-state index in [1.807, 2.05) is 0 Å². The van der Waals surface area contributed by atoms with Gasteiger partial charge in [0.25, 0.3) is 0 Å². The van der Waals surface area contributed by atoms with E-state index in [4.69, 9.17) is 16.3 Å². The summed E-state index contributed by atoms with van der Waals surface area (Å²) in [7, 11) is 1.47. The molecule has 0 N–H and O–H groups in total. The summed E-state index contributed by atoms with van der Waals surface area (Å²) in [5, 5.41) is 0.424. The van der Waals surface area contributed by atoms with Gasteiger partial charge in [-0.2, -0.15) is 8.78 Å². The largest absolute Gasteiger partial charge is 0.481 e. The Bertz CT molecular complexity index is 578. The number of benzene rings is 1. The van der Waals surface area contributed by atoms with E-state index in [0.717, 1.165) is 0 Å². The third-order valence-corrected chi connectivity index (χ3v) is 2.65. The van der Waals surface area contributed by atoms with E-state index in [0.29, 0.717) is 22.0 Å². The summed E-state index contributed by atoms with van der Waals surface area (Å²) >= 11 is 5.89. The number of rotatable bonds is 4. The highest BCUT2D eigenvalue weighted by molar-refractivity contribution is 6.31. The van der Waals surface area contributed by atoms with Crippen LogP contribution in [0.3, 0.4) is 0 Å². The van der Waals surface area contributed by atoms with Gasteiger partial charge in [-0.15, -0.1) is 0 Å². The van der Waals surface area contributed by atoms with Crippen molar-refractivity contribution in [1.29, 1.82) is 0 Å². The van der Waals surface area contributed by atoms with E-state index in [1.165, 1.54) is 25.4 Å². The minimum Gasteiger partial charge on any atom is -0.481 e. The van der Waals surface area contributed by atoms with E-state index in [-0.39, 0.29) is 5.75 Å². The summed E-state index contributed by atoms with van der Waals surface area (Å²) in [6.45, 7) is -2.90. The molecule has 2 aromatic rings. The van der Waals surface area contributed by atoms with E-state index in [1.54, 1.807) is 18.2 Å². The molecule has 0 aliphatic rings. The Labute approximate surface area is 113 Å². The maximum Gasteiger partial charge on any atom is 0.387 e. The van der Waals surface area contributed by atoms with Crippen LogP contribution in [0.1, 0.15) is 0 Å². The summed E-state index contributed by atoms with van der Waals surface area (Å²) < 4.78 is 34.2. The summed E-state index contributed by atoms with van der Waals surface area (Å²) in [5.41, 5.74) is 1.08. The van der Waals surface area contributed by atoms with E-state index in [9.17, 15) is 8.78 Å². The molecule has 6 heteroatoms. The van der Waals surface area contributed by atoms with E-state index >= 15 is 0 Å². The Morgan fingerprint density at radius 2 is 2.00 bits per heavy atom. The fraction of sp³-hybridized carbons (Fsp3) is 0.154. The zero-order valence-electron chi connectivity index (χ0n) is 9.94. The van der Waals surface area contributed by atoms with Crippen LogP contribution >= 0.6 is 11.6 Å². The average molecular weight is 286 g/mol. The van der Waals surface area contributed by atoms with Crippen molar-refractivity contribution in [2.75, 3.05) is 7.11 Å². The number of alkyl halides is 2. The molecule has 0 saturated heterocycles. The monoisotopic (exact) mass is 285 g/mol. The molecule has 3 nitrogen and oxygen atoms in total. The first kappa shape index (κ1) is 13.5. The summed E-state index contributed by atoms with van der Waals surface area (Å²) in [6, 6.07) is 7.71. The number of halogens is 3. The van der Waals surface area contributed by atoms with Crippen LogP contribution < -0.4 is 9.47 Å². The lowest BCUT2D eigenvalue weighted by Gasteiger charge is -2.11. The standard InChI is InChI=1S/C13H10ClF2NO2/c1-18-12-6-8(4-5-17-12)10-7-9(14)2-3-11(10)19-13(15)16/h2-7,13H,1H3. The van der Waals surface area contributed by atoms with Crippen molar-refractivity contribution in [2.24, 2.45) is 0 Å². The van der Waals surface area contributed by atoms with Gasteiger partial charge in [0.2, 0.25) is 5.88 Å². The van der Waals surface area contributed by atoms with Crippen LogP contribution in [-0.2, 0) is 0 Å². The quantitative estimate of drug-likeness (QED) is 0.850. The number of pyridine rings is 1. The molecule has 0 atom stereocenters. The van der Waals surface area contributed by atoms with Gasteiger partial charge in [0.15, 0.2) is 0 Å². The number of hydrogen-bond donors (Lipinski definition) is 0. The first-order valence-corrected chi connectivity index (χ1v) is 5.72. The van der Waals surface area contributed by atoms with Gasteiger partial charge in [0, 0.05) is 22.8 Å². The average Bonchev–Trinajstić information content (AvgIpc) is 2.40. The Morgan fingerprint density at radius 1 is 1.21 bits per heavy atom. The Morgan fingerprint density at radius 3 is 2.68 bits per heavy atom. The molecule has 0 saturated carbocycles.